The summed E-state index contributed by atoms with van der Waals surface area (Å²) in [6.07, 6.45) is 1.96. The molecular weight excluding hydrogens is 370 g/mol. The zero-order valence-electron chi connectivity index (χ0n) is 13.3. The lowest BCUT2D eigenvalue weighted by Gasteiger charge is -2.14. The Balaban J connectivity index is 1.65. The van der Waals surface area contributed by atoms with Gasteiger partial charge in [-0.2, -0.15) is 0 Å². The van der Waals surface area contributed by atoms with E-state index in [0.29, 0.717) is 5.75 Å². The van der Waals surface area contributed by atoms with E-state index in [1.807, 2.05) is 24.3 Å². The van der Waals surface area contributed by atoms with Gasteiger partial charge in [0.15, 0.2) is 0 Å². The lowest BCUT2D eigenvalue weighted by atomic mass is 10.1. The summed E-state index contributed by atoms with van der Waals surface area (Å²) in [4.78, 5) is 12.0. The van der Waals surface area contributed by atoms with Crippen LogP contribution in [0.5, 0.6) is 0 Å². The first-order valence-corrected chi connectivity index (χ1v) is 9.74. The van der Waals surface area contributed by atoms with Crippen LogP contribution in [-0.4, -0.2) is 17.7 Å². The topological polar surface area (TPSA) is 29.1 Å². The maximum absolute atomic E-state index is 12.0. The summed E-state index contributed by atoms with van der Waals surface area (Å²) in [6.45, 7) is 2.07. The van der Waals surface area contributed by atoms with Gasteiger partial charge in [0.25, 0.3) is 0 Å². The molecule has 0 aliphatic heterocycles. The van der Waals surface area contributed by atoms with Crippen LogP contribution in [0, 0.1) is 0 Å². The summed E-state index contributed by atoms with van der Waals surface area (Å²) in [5, 5.41) is 3.08. The van der Waals surface area contributed by atoms with Crippen LogP contribution in [0.1, 0.15) is 24.5 Å². The van der Waals surface area contributed by atoms with E-state index in [2.05, 4.69) is 58.5 Å². The molecule has 23 heavy (non-hydrogen) atoms. The van der Waals surface area contributed by atoms with Crippen LogP contribution in [0.15, 0.2) is 59.1 Å². The number of thioether (sulfide) groups is 1. The Morgan fingerprint density at radius 2 is 1.83 bits per heavy atom. The van der Waals surface area contributed by atoms with Gasteiger partial charge in [0.1, 0.15) is 0 Å². The molecule has 0 saturated heterocycles. The Morgan fingerprint density at radius 3 is 2.57 bits per heavy atom. The molecular formula is C19H22BrNOS. The van der Waals surface area contributed by atoms with E-state index in [1.54, 1.807) is 11.8 Å². The molecule has 122 valence electrons. The SMILES string of the molecule is C[C@@H](CCc1ccccc1)NC(=O)CSCc1ccccc1Br. The highest BCUT2D eigenvalue weighted by atomic mass is 79.9. The standard InChI is InChI=1S/C19H22BrNOS/c1-15(11-12-16-7-3-2-4-8-16)21-19(22)14-23-13-17-9-5-6-10-18(17)20/h2-10,15H,11-14H2,1H3,(H,21,22)/t15-/m0/s1. The number of hydrogen-bond donors (Lipinski definition) is 1. The van der Waals surface area contributed by atoms with Crippen LogP contribution in [0.2, 0.25) is 0 Å². The molecule has 0 heterocycles. The monoisotopic (exact) mass is 391 g/mol. The van der Waals surface area contributed by atoms with E-state index in [9.17, 15) is 4.79 Å². The molecule has 2 rings (SSSR count). The zero-order valence-corrected chi connectivity index (χ0v) is 15.7. The summed E-state index contributed by atoms with van der Waals surface area (Å²) < 4.78 is 1.10. The van der Waals surface area contributed by atoms with Gasteiger partial charge in [-0.15, -0.1) is 11.8 Å². The van der Waals surface area contributed by atoms with Crippen LogP contribution in [0.4, 0.5) is 0 Å². The normalized spacial score (nSPS) is 11.9. The van der Waals surface area contributed by atoms with Crippen molar-refractivity contribution in [2.45, 2.75) is 31.6 Å². The van der Waals surface area contributed by atoms with Gasteiger partial charge < -0.3 is 5.32 Å². The predicted molar refractivity (Wildman–Crippen MR) is 103 cm³/mol. The van der Waals surface area contributed by atoms with E-state index in [-0.39, 0.29) is 11.9 Å². The molecule has 0 unspecified atom stereocenters. The molecule has 0 aromatic heterocycles. The van der Waals surface area contributed by atoms with Crippen molar-refractivity contribution in [1.82, 2.24) is 5.32 Å². The fraction of sp³-hybridized carbons (Fsp3) is 0.316. The van der Waals surface area contributed by atoms with Gasteiger partial charge in [0, 0.05) is 16.3 Å². The van der Waals surface area contributed by atoms with E-state index in [0.717, 1.165) is 23.1 Å². The first-order chi connectivity index (χ1) is 11.1. The van der Waals surface area contributed by atoms with E-state index in [4.69, 9.17) is 0 Å². The van der Waals surface area contributed by atoms with Crippen LogP contribution < -0.4 is 5.32 Å². The highest BCUT2D eigenvalue weighted by molar-refractivity contribution is 9.10. The molecule has 1 amide bonds. The molecule has 1 atom stereocenters. The van der Waals surface area contributed by atoms with Gasteiger partial charge in [0.05, 0.1) is 5.75 Å². The van der Waals surface area contributed by atoms with Crippen molar-refractivity contribution in [2.75, 3.05) is 5.75 Å². The Hall–Kier alpha value is -1.26. The van der Waals surface area contributed by atoms with Crippen LogP contribution in [0.25, 0.3) is 0 Å². The number of carbonyl (C=O) groups excluding carboxylic acids is 1. The van der Waals surface area contributed by atoms with Crippen molar-refractivity contribution in [1.29, 1.82) is 0 Å². The van der Waals surface area contributed by atoms with Crippen molar-refractivity contribution < 1.29 is 4.79 Å². The summed E-state index contributed by atoms with van der Waals surface area (Å²) in [7, 11) is 0. The van der Waals surface area contributed by atoms with E-state index < -0.39 is 0 Å². The van der Waals surface area contributed by atoms with Gasteiger partial charge in [-0.3, -0.25) is 4.79 Å². The number of hydrogen-bond acceptors (Lipinski definition) is 2. The molecule has 0 bridgehead atoms. The van der Waals surface area contributed by atoms with Gasteiger partial charge in [-0.05, 0) is 37.0 Å². The largest absolute Gasteiger partial charge is 0.353 e. The predicted octanol–water partition coefficient (Wildman–Crippen LogP) is 4.82. The molecule has 0 saturated carbocycles. The summed E-state index contributed by atoms with van der Waals surface area (Å²) >= 11 is 5.18. The van der Waals surface area contributed by atoms with Gasteiger partial charge in [0.2, 0.25) is 5.91 Å². The Kier molecular flexibility index (Phi) is 7.69. The molecule has 2 nitrogen and oxygen atoms in total. The molecule has 4 heteroatoms. The Morgan fingerprint density at radius 1 is 1.13 bits per heavy atom. The Labute approximate surface area is 151 Å². The number of carbonyl (C=O) groups is 1. The minimum atomic E-state index is 0.114. The Bertz CT molecular complexity index is 618. The molecule has 2 aromatic carbocycles. The van der Waals surface area contributed by atoms with E-state index in [1.165, 1.54) is 11.1 Å². The number of benzene rings is 2. The number of aryl methyl sites for hydroxylation is 1. The number of halogens is 1. The maximum atomic E-state index is 12.0. The molecule has 0 aliphatic carbocycles. The van der Waals surface area contributed by atoms with Crippen molar-refractivity contribution in [3.05, 3.63) is 70.2 Å². The van der Waals surface area contributed by atoms with Crippen molar-refractivity contribution >= 4 is 33.6 Å². The van der Waals surface area contributed by atoms with Crippen molar-refractivity contribution in [3.63, 3.8) is 0 Å². The average Bonchev–Trinajstić information content (AvgIpc) is 2.56. The first-order valence-electron chi connectivity index (χ1n) is 7.79. The van der Waals surface area contributed by atoms with Crippen LogP contribution in [-0.2, 0) is 17.0 Å². The highest BCUT2D eigenvalue weighted by Gasteiger charge is 2.08. The second kappa shape index (κ2) is 9.78. The van der Waals surface area contributed by atoms with Gasteiger partial charge in [-0.1, -0.05) is 64.5 Å². The van der Waals surface area contributed by atoms with Crippen molar-refractivity contribution in [2.24, 2.45) is 0 Å². The summed E-state index contributed by atoms with van der Waals surface area (Å²) in [5.41, 5.74) is 2.54. The maximum Gasteiger partial charge on any atom is 0.230 e. The molecule has 0 aliphatic rings. The second-order valence-electron chi connectivity index (χ2n) is 5.58. The molecule has 1 N–H and O–H groups in total. The minimum Gasteiger partial charge on any atom is -0.353 e. The summed E-state index contributed by atoms with van der Waals surface area (Å²) in [5.74, 6) is 1.45. The molecule has 0 fully saturated rings. The van der Waals surface area contributed by atoms with Crippen molar-refractivity contribution in [3.8, 4) is 0 Å². The summed E-state index contributed by atoms with van der Waals surface area (Å²) in [6, 6.07) is 18.7. The quantitative estimate of drug-likeness (QED) is 0.698. The lowest BCUT2D eigenvalue weighted by molar-refractivity contribution is -0.119. The van der Waals surface area contributed by atoms with E-state index >= 15 is 0 Å². The molecule has 0 radical (unpaired) electrons. The number of rotatable bonds is 8. The molecule has 2 aromatic rings. The minimum absolute atomic E-state index is 0.114. The fourth-order valence-corrected chi connectivity index (χ4v) is 3.74. The molecule has 0 spiro atoms. The smallest absolute Gasteiger partial charge is 0.230 e. The average molecular weight is 392 g/mol. The van der Waals surface area contributed by atoms with Crippen LogP contribution in [0.3, 0.4) is 0 Å². The first kappa shape index (κ1) is 18.1. The zero-order chi connectivity index (χ0) is 16.5. The number of nitrogens with one attached hydrogen (secondary N) is 1. The third kappa shape index (κ3) is 6.80. The van der Waals surface area contributed by atoms with Gasteiger partial charge >= 0.3 is 0 Å². The lowest BCUT2D eigenvalue weighted by Crippen LogP contribution is -2.34. The van der Waals surface area contributed by atoms with Crippen LogP contribution >= 0.6 is 27.7 Å². The third-order valence-electron chi connectivity index (χ3n) is 3.56. The third-order valence-corrected chi connectivity index (χ3v) is 5.32. The number of amides is 1. The fourth-order valence-electron chi connectivity index (χ4n) is 2.29. The second-order valence-corrected chi connectivity index (χ2v) is 7.42. The highest BCUT2D eigenvalue weighted by Crippen LogP contribution is 2.21. The van der Waals surface area contributed by atoms with Gasteiger partial charge in [-0.25, -0.2) is 0 Å².